The summed E-state index contributed by atoms with van der Waals surface area (Å²) >= 11 is 1.48. The predicted molar refractivity (Wildman–Crippen MR) is 122 cm³/mol. The number of benzene rings is 1. The Balaban J connectivity index is 1.70. The number of hydrogen-bond acceptors (Lipinski definition) is 7. The van der Waals surface area contributed by atoms with E-state index < -0.39 is 11.4 Å². The fraction of sp³-hybridized carbons (Fsp3) is 0.391. The third kappa shape index (κ3) is 3.85. The Kier molecular flexibility index (Phi) is 5.93. The lowest BCUT2D eigenvalue weighted by Crippen LogP contribution is -2.53. The zero-order chi connectivity index (χ0) is 22.9. The smallest absolute Gasteiger partial charge is 0.274 e. The van der Waals surface area contributed by atoms with Gasteiger partial charge in [-0.1, -0.05) is 18.7 Å². The minimum absolute atomic E-state index is 0.0802. The lowest BCUT2D eigenvalue weighted by molar-refractivity contribution is -0.0198. The predicted octanol–water partition coefficient (Wildman–Crippen LogP) is 3.81. The fourth-order valence-corrected chi connectivity index (χ4v) is 5.74. The van der Waals surface area contributed by atoms with Gasteiger partial charge in [-0.15, -0.1) is 0 Å². The first kappa shape index (κ1) is 22.2. The molecular formula is C23H24FN5O2S. The lowest BCUT2D eigenvalue weighted by atomic mass is 9.59. The Morgan fingerprint density at radius 3 is 2.91 bits per heavy atom. The van der Waals surface area contributed by atoms with E-state index >= 15 is 4.39 Å². The highest BCUT2D eigenvalue weighted by atomic mass is 32.2. The van der Waals surface area contributed by atoms with Gasteiger partial charge in [0.1, 0.15) is 17.6 Å². The Labute approximate surface area is 190 Å². The molecule has 0 radical (unpaired) electrons. The number of nitrogens with one attached hydrogen (secondary N) is 1. The topological polar surface area (TPSA) is 113 Å². The van der Waals surface area contributed by atoms with Crippen molar-refractivity contribution in [2.24, 2.45) is 16.1 Å². The normalized spacial score (nSPS) is 27.1. The number of aromatic nitrogens is 1. The summed E-state index contributed by atoms with van der Waals surface area (Å²) in [6.45, 7) is 2.10. The van der Waals surface area contributed by atoms with Crippen LogP contribution in [0.5, 0.6) is 0 Å². The van der Waals surface area contributed by atoms with E-state index in [9.17, 15) is 4.79 Å². The van der Waals surface area contributed by atoms with Crippen LogP contribution < -0.4 is 11.1 Å². The Hall–Kier alpha value is -2.96. The highest BCUT2D eigenvalue weighted by Gasteiger charge is 2.56. The van der Waals surface area contributed by atoms with Crippen LogP contribution in [0.3, 0.4) is 0 Å². The van der Waals surface area contributed by atoms with Crippen LogP contribution in [0.25, 0.3) is 0 Å². The maximum absolute atomic E-state index is 15.2. The molecule has 4 rings (SSSR count). The molecule has 1 amide bonds. The van der Waals surface area contributed by atoms with Crippen LogP contribution in [0.4, 0.5) is 10.1 Å². The maximum Gasteiger partial charge on any atom is 0.274 e. The molecule has 1 aromatic carbocycles. The number of amidine groups is 1. The number of aliphatic imine (C=N–C) groups is 1. The van der Waals surface area contributed by atoms with Gasteiger partial charge in [0.25, 0.3) is 5.91 Å². The summed E-state index contributed by atoms with van der Waals surface area (Å²) in [5, 5.41) is 12.1. The molecule has 166 valence electrons. The molecule has 32 heavy (non-hydrogen) atoms. The number of halogens is 1. The van der Waals surface area contributed by atoms with Crippen LogP contribution in [0.1, 0.15) is 47.8 Å². The number of hydrogen-bond donors (Lipinski definition) is 2. The number of carbonyl (C=O) groups excluding carboxylic acids is 1. The van der Waals surface area contributed by atoms with Crippen LogP contribution in [0, 0.1) is 22.6 Å². The fourth-order valence-electron chi connectivity index (χ4n) is 4.70. The number of amides is 1. The van der Waals surface area contributed by atoms with Crippen molar-refractivity contribution in [3.05, 3.63) is 59.2 Å². The number of pyridine rings is 1. The molecule has 0 unspecified atom stereocenters. The average Bonchev–Trinajstić information content (AvgIpc) is 2.80. The van der Waals surface area contributed by atoms with Crippen molar-refractivity contribution in [3.8, 4) is 6.07 Å². The van der Waals surface area contributed by atoms with Gasteiger partial charge in [-0.25, -0.2) is 9.37 Å². The first-order valence-corrected chi connectivity index (χ1v) is 11.3. The van der Waals surface area contributed by atoms with E-state index in [0.717, 1.165) is 12.8 Å². The number of thioether (sulfide) groups is 1. The molecule has 7 nitrogen and oxygen atoms in total. The number of rotatable bonds is 4. The number of ether oxygens (including phenoxy) is 1. The maximum atomic E-state index is 15.2. The molecule has 2 heterocycles. The number of nitrogens with zero attached hydrogens (tertiary/aromatic N) is 3. The van der Waals surface area contributed by atoms with Crippen molar-refractivity contribution < 1.29 is 13.9 Å². The molecular weight excluding hydrogens is 429 g/mol. The van der Waals surface area contributed by atoms with Gasteiger partial charge < -0.3 is 15.8 Å². The summed E-state index contributed by atoms with van der Waals surface area (Å²) in [5.41, 5.74) is 6.30. The van der Waals surface area contributed by atoms with E-state index in [2.05, 4.69) is 17.2 Å². The molecule has 0 bridgehead atoms. The van der Waals surface area contributed by atoms with Crippen molar-refractivity contribution in [2.75, 3.05) is 18.2 Å². The molecule has 1 aliphatic heterocycles. The molecule has 0 spiro atoms. The van der Waals surface area contributed by atoms with Gasteiger partial charge in [0, 0.05) is 35.7 Å². The molecule has 1 aliphatic carbocycles. The van der Waals surface area contributed by atoms with Crippen LogP contribution in [0.2, 0.25) is 0 Å². The van der Waals surface area contributed by atoms with E-state index in [-0.39, 0.29) is 23.0 Å². The highest BCUT2D eigenvalue weighted by Crippen LogP contribution is 2.57. The zero-order valence-electron chi connectivity index (χ0n) is 17.9. The molecule has 3 atom stereocenters. The summed E-state index contributed by atoms with van der Waals surface area (Å²) in [6.07, 6.45) is 3.48. The first-order valence-electron chi connectivity index (χ1n) is 10.3. The summed E-state index contributed by atoms with van der Waals surface area (Å²) in [5.74, 6) is -0.129. The van der Waals surface area contributed by atoms with Gasteiger partial charge in [-0.05, 0) is 49.6 Å². The van der Waals surface area contributed by atoms with E-state index in [4.69, 9.17) is 20.7 Å². The average molecular weight is 454 g/mol. The monoisotopic (exact) mass is 453 g/mol. The van der Waals surface area contributed by atoms with Crippen LogP contribution >= 0.6 is 11.8 Å². The van der Waals surface area contributed by atoms with Crippen molar-refractivity contribution in [2.45, 2.75) is 37.8 Å². The second-order valence-electron chi connectivity index (χ2n) is 8.45. The quantitative estimate of drug-likeness (QED) is 0.728. The third-order valence-electron chi connectivity index (χ3n) is 6.47. The van der Waals surface area contributed by atoms with E-state index in [1.54, 1.807) is 13.2 Å². The summed E-state index contributed by atoms with van der Waals surface area (Å²) in [6, 6.07) is 9.47. The molecule has 0 saturated heterocycles. The van der Waals surface area contributed by atoms with E-state index in [0.29, 0.717) is 34.2 Å². The minimum atomic E-state index is -0.838. The van der Waals surface area contributed by atoms with Crippen molar-refractivity contribution >= 4 is 28.5 Å². The Morgan fingerprint density at radius 1 is 1.41 bits per heavy atom. The zero-order valence-corrected chi connectivity index (χ0v) is 18.7. The molecule has 1 saturated carbocycles. The second kappa shape index (κ2) is 8.52. The Morgan fingerprint density at radius 2 is 2.22 bits per heavy atom. The van der Waals surface area contributed by atoms with E-state index in [1.807, 2.05) is 6.07 Å². The standard InChI is InChI=1S/C23H24FN5O2S/c1-22-10-16(31-2)7-8-23(22,29-21(26)32-13-22)17-9-15(4-5-18(17)24)28-20(30)19-6-3-14(11-25)12-27-19/h3-6,9,12,16H,7-8,10,13H2,1-2H3,(H2,26,29)(H,28,30)/t16-,22-,23+/m0/s1. The number of nitriles is 1. The molecule has 2 aromatic rings. The third-order valence-corrected chi connectivity index (χ3v) is 7.64. The van der Waals surface area contributed by atoms with Gasteiger partial charge in [-0.3, -0.25) is 9.79 Å². The van der Waals surface area contributed by atoms with Gasteiger partial charge in [0.05, 0.1) is 17.2 Å². The van der Waals surface area contributed by atoms with E-state index in [1.165, 1.54) is 42.2 Å². The van der Waals surface area contributed by atoms with Crippen molar-refractivity contribution in [1.82, 2.24) is 4.98 Å². The number of fused-ring (bicyclic) bond motifs is 1. The lowest BCUT2D eigenvalue weighted by Gasteiger charge is -2.53. The molecule has 9 heteroatoms. The molecule has 1 fully saturated rings. The van der Waals surface area contributed by atoms with Gasteiger partial charge in [-0.2, -0.15) is 5.26 Å². The summed E-state index contributed by atoms with van der Waals surface area (Å²) < 4.78 is 20.9. The number of anilines is 1. The van der Waals surface area contributed by atoms with Gasteiger partial charge >= 0.3 is 0 Å². The van der Waals surface area contributed by atoms with Crippen LogP contribution in [0.15, 0.2) is 41.5 Å². The van der Waals surface area contributed by atoms with Crippen LogP contribution in [-0.2, 0) is 10.3 Å². The first-order chi connectivity index (χ1) is 15.3. The number of carbonyl (C=O) groups is 1. The summed E-state index contributed by atoms with van der Waals surface area (Å²) in [7, 11) is 1.70. The Bertz CT molecular complexity index is 1120. The molecule has 3 N–H and O–H groups in total. The SMILES string of the molecule is CO[C@H]1CC[C@]2(c3cc(NC(=O)c4ccc(C#N)cn4)ccc3F)N=C(N)SC[C@]2(C)C1. The summed E-state index contributed by atoms with van der Waals surface area (Å²) in [4.78, 5) is 21.5. The van der Waals surface area contributed by atoms with Crippen molar-refractivity contribution in [3.63, 3.8) is 0 Å². The van der Waals surface area contributed by atoms with Gasteiger partial charge in [0.2, 0.25) is 0 Å². The molecule has 1 aromatic heterocycles. The second-order valence-corrected chi connectivity index (χ2v) is 9.45. The van der Waals surface area contributed by atoms with Crippen LogP contribution in [-0.4, -0.2) is 35.0 Å². The highest BCUT2D eigenvalue weighted by molar-refractivity contribution is 8.13. The number of nitrogens with two attached hydrogens (primary N) is 1. The minimum Gasteiger partial charge on any atom is -0.381 e. The largest absolute Gasteiger partial charge is 0.381 e. The van der Waals surface area contributed by atoms with Gasteiger partial charge in [0.15, 0.2) is 5.17 Å². The molecule has 2 aliphatic rings. The van der Waals surface area contributed by atoms with Crippen molar-refractivity contribution in [1.29, 1.82) is 5.26 Å². The number of methoxy groups -OCH3 is 1.